The third-order valence-corrected chi connectivity index (χ3v) is 2.83. The molecule has 6 heteroatoms. The van der Waals surface area contributed by atoms with Gasteiger partial charge in [-0.3, -0.25) is 0 Å². The number of aromatic carboxylic acids is 1. The molecule has 0 aromatic carbocycles. The van der Waals surface area contributed by atoms with Gasteiger partial charge in [-0.05, 0) is 19.4 Å². The van der Waals surface area contributed by atoms with Gasteiger partial charge in [0.1, 0.15) is 0 Å². The van der Waals surface area contributed by atoms with E-state index < -0.39 is 5.97 Å². The van der Waals surface area contributed by atoms with Crippen LogP contribution in [0, 0.1) is 6.92 Å². The van der Waals surface area contributed by atoms with Crippen LogP contribution in [0.5, 0.6) is 0 Å². The van der Waals surface area contributed by atoms with Crippen LogP contribution in [0.2, 0.25) is 0 Å². The number of aryl methyl sites for hydroxylation is 1. The molecule has 1 aromatic heterocycles. The molecule has 1 unspecified atom stereocenters. The van der Waals surface area contributed by atoms with E-state index in [1.54, 1.807) is 6.92 Å². The van der Waals surface area contributed by atoms with E-state index in [9.17, 15) is 4.79 Å². The van der Waals surface area contributed by atoms with Crippen molar-refractivity contribution in [3.05, 3.63) is 17.5 Å². The number of aromatic nitrogens is 2. The van der Waals surface area contributed by atoms with Gasteiger partial charge in [-0.15, -0.1) is 0 Å². The molecular formula is C11H15N3O3. The second kappa shape index (κ2) is 4.67. The van der Waals surface area contributed by atoms with Crippen molar-refractivity contribution >= 4 is 11.9 Å². The summed E-state index contributed by atoms with van der Waals surface area (Å²) in [6.07, 6.45) is 0.913. The second-order valence-electron chi connectivity index (χ2n) is 4.13. The predicted molar refractivity (Wildman–Crippen MR) is 61.4 cm³/mol. The van der Waals surface area contributed by atoms with Crippen LogP contribution in [-0.2, 0) is 4.74 Å². The Hall–Kier alpha value is -1.69. The minimum Gasteiger partial charge on any atom is -0.477 e. The summed E-state index contributed by atoms with van der Waals surface area (Å²) in [4.78, 5) is 21.1. The lowest BCUT2D eigenvalue weighted by molar-refractivity contribution is 0.0690. The van der Waals surface area contributed by atoms with E-state index in [0.717, 1.165) is 13.0 Å². The summed E-state index contributed by atoms with van der Waals surface area (Å²) in [6, 6.07) is 1.68. The smallest absolute Gasteiger partial charge is 0.354 e. The van der Waals surface area contributed by atoms with Crippen LogP contribution in [0.25, 0.3) is 0 Å². The third-order valence-electron chi connectivity index (χ3n) is 2.83. The molecule has 0 saturated carbocycles. The average molecular weight is 237 g/mol. The molecule has 1 aliphatic heterocycles. The van der Waals surface area contributed by atoms with Crippen LogP contribution in [0.1, 0.15) is 22.6 Å². The summed E-state index contributed by atoms with van der Waals surface area (Å²) in [6.45, 7) is 3.12. The predicted octanol–water partition coefficient (Wildman–Crippen LogP) is 0.708. The number of nitrogens with zero attached hydrogens (tertiary/aromatic N) is 3. The third kappa shape index (κ3) is 2.52. The van der Waals surface area contributed by atoms with Gasteiger partial charge < -0.3 is 14.7 Å². The number of hydrogen-bond donors (Lipinski definition) is 1. The van der Waals surface area contributed by atoms with Gasteiger partial charge in [-0.2, -0.15) is 0 Å². The molecule has 0 bridgehead atoms. The number of rotatable bonds is 3. The van der Waals surface area contributed by atoms with Crippen LogP contribution in [0.15, 0.2) is 6.07 Å². The number of carbonyl (C=O) groups is 1. The molecule has 1 aromatic rings. The van der Waals surface area contributed by atoms with Gasteiger partial charge in [-0.25, -0.2) is 14.8 Å². The molecule has 0 amide bonds. The summed E-state index contributed by atoms with van der Waals surface area (Å²) in [7, 11) is 1.86. The molecule has 0 radical (unpaired) electrons. The summed E-state index contributed by atoms with van der Waals surface area (Å²) >= 11 is 0. The highest BCUT2D eigenvalue weighted by molar-refractivity contribution is 5.85. The topological polar surface area (TPSA) is 75.5 Å². The standard InChI is InChI=1S/C11H15N3O3/c1-7-5-9(10(15)16)13-11(12-7)14(2)8-3-4-17-6-8/h5,8H,3-4,6H2,1-2H3,(H,15,16). The molecule has 1 saturated heterocycles. The molecule has 1 N–H and O–H groups in total. The highest BCUT2D eigenvalue weighted by Gasteiger charge is 2.23. The van der Waals surface area contributed by atoms with Crippen LogP contribution in [0.3, 0.4) is 0 Å². The van der Waals surface area contributed by atoms with Crippen LogP contribution >= 0.6 is 0 Å². The Morgan fingerprint density at radius 1 is 1.59 bits per heavy atom. The molecule has 17 heavy (non-hydrogen) atoms. The lowest BCUT2D eigenvalue weighted by Crippen LogP contribution is -2.33. The number of hydrogen-bond acceptors (Lipinski definition) is 5. The zero-order valence-electron chi connectivity index (χ0n) is 9.88. The molecule has 0 spiro atoms. The fourth-order valence-electron chi connectivity index (χ4n) is 1.81. The van der Waals surface area contributed by atoms with Crippen molar-refractivity contribution in [2.75, 3.05) is 25.2 Å². The molecule has 1 aliphatic rings. The molecule has 1 atom stereocenters. The molecular weight excluding hydrogens is 222 g/mol. The Labute approximate surface area is 99.2 Å². The Balaban J connectivity index is 2.27. The van der Waals surface area contributed by atoms with E-state index in [1.165, 1.54) is 6.07 Å². The monoisotopic (exact) mass is 237 g/mol. The maximum absolute atomic E-state index is 10.9. The van der Waals surface area contributed by atoms with Gasteiger partial charge in [0, 0.05) is 19.3 Å². The summed E-state index contributed by atoms with van der Waals surface area (Å²) in [5.74, 6) is -0.592. The molecule has 92 valence electrons. The minimum atomic E-state index is -1.03. The van der Waals surface area contributed by atoms with E-state index in [0.29, 0.717) is 18.2 Å². The first-order chi connectivity index (χ1) is 8.08. The van der Waals surface area contributed by atoms with Crippen LogP contribution in [0.4, 0.5) is 5.95 Å². The highest BCUT2D eigenvalue weighted by Crippen LogP contribution is 2.17. The second-order valence-corrected chi connectivity index (χ2v) is 4.13. The number of anilines is 1. The summed E-state index contributed by atoms with van der Waals surface area (Å²) in [5, 5.41) is 8.95. The summed E-state index contributed by atoms with van der Waals surface area (Å²) in [5.41, 5.74) is 0.677. The van der Waals surface area contributed by atoms with Crippen molar-refractivity contribution in [2.45, 2.75) is 19.4 Å². The Bertz CT molecular complexity index is 430. The van der Waals surface area contributed by atoms with Crippen molar-refractivity contribution in [1.82, 2.24) is 9.97 Å². The number of likely N-dealkylation sites (N-methyl/N-ethyl adjacent to an activating group) is 1. The molecule has 0 aliphatic carbocycles. The van der Waals surface area contributed by atoms with Crippen LogP contribution in [-0.4, -0.2) is 47.3 Å². The van der Waals surface area contributed by atoms with Crippen molar-refractivity contribution in [1.29, 1.82) is 0 Å². The van der Waals surface area contributed by atoms with E-state index in [1.807, 2.05) is 11.9 Å². The highest BCUT2D eigenvalue weighted by atomic mass is 16.5. The lowest BCUT2D eigenvalue weighted by atomic mass is 10.2. The molecule has 1 fully saturated rings. The van der Waals surface area contributed by atoms with E-state index >= 15 is 0 Å². The quantitative estimate of drug-likeness (QED) is 0.834. The first kappa shape index (κ1) is 11.8. The van der Waals surface area contributed by atoms with Crippen molar-refractivity contribution < 1.29 is 14.6 Å². The zero-order valence-corrected chi connectivity index (χ0v) is 9.88. The summed E-state index contributed by atoms with van der Waals surface area (Å²) < 4.78 is 5.29. The van der Waals surface area contributed by atoms with Crippen molar-refractivity contribution in [3.8, 4) is 0 Å². The minimum absolute atomic E-state index is 0.0262. The van der Waals surface area contributed by atoms with Gasteiger partial charge >= 0.3 is 5.97 Å². The van der Waals surface area contributed by atoms with Gasteiger partial charge in [0.05, 0.1) is 12.6 Å². The lowest BCUT2D eigenvalue weighted by Gasteiger charge is -2.23. The van der Waals surface area contributed by atoms with Gasteiger partial charge in [0.25, 0.3) is 0 Å². The number of carboxylic acid groups (broad SMARTS) is 1. The van der Waals surface area contributed by atoms with E-state index in [2.05, 4.69) is 9.97 Å². The van der Waals surface area contributed by atoms with Gasteiger partial charge in [-0.1, -0.05) is 0 Å². The SMILES string of the molecule is Cc1cc(C(=O)O)nc(N(C)C2CCOC2)n1. The van der Waals surface area contributed by atoms with Gasteiger partial charge in [0.2, 0.25) is 5.95 Å². The maximum Gasteiger partial charge on any atom is 0.354 e. The molecule has 2 heterocycles. The number of ether oxygens (including phenoxy) is 1. The maximum atomic E-state index is 10.9. The Morgan fingerprint density at radius 3 is 2.94 bits per heavy atom. The average Bonchev–Trinajstić information content (AvgIpc) is 2.80. The van der Waals surface area contributed by atoms with Crippen molar-refractivity contribution in [3.63, 3.8) is 0 Å². The van der Waals surface area contributed by atoms with E-state index in [4.69, 9.17) is 9.84 Å². The first-order valence-electron chi connectivity index (χ1n) is 5.47. The fourth-order valence-corrected chi connectivity index (χ4v) is 1.81. The van der Waals surface area contributed by atoms with Gasteiger partial charge in [0.15, 0.2) is 5.69 Å². The molecule has 2 rings (SSSR count). The largest absolute Gasteiger partial charge is 0.477 e. The fraction of sp³-hybridized carbons (Fsp3) is 0.545. The Kier molecular flexibility index (Phi) is 3.23. The number of carboxylic acids is 1. The van der Waals surface area contributed by atoms with Crippen molar-refractivity contribution in [2.24, 2.45) is 0 Å². The normalized spacial score (nSPS) is 19.3. The Morgan fingerprint density at radius 2 is 2.35 bits per heavy atom. The first-order valence-corrected chi connectivity index (χ1v) is 5.47. The molecule has 6 nitrogen and oxygen atoms in total. The van der Waals surface area contributed by atoms with E-state index in [-0.39, 0.29) is 11.7 Å². The zero-order chi connectivity index (χ0) is 12.4. The van der Waals surface area contributed by atoms with Crippen LogP contribution < -0.4 is 4.90 Å².